The fourth-order valence-corrected chi connectivity index (χ4v) is 3.07. The summed E-state index contributed by atoms with van der Waals surface area (Å²) in [6, 6.07) is 12.5. The minimum Gasteiger partial charge on any atom is -0.383 e. The second-order valence-electron chi connectivity index (χ2n) is 5.89. The third-order valence-corrected chi connectivity index (χ3v) is 3.94. The van der Waals surface area contributed by atoms with E-state index in [9.17, 15) is 0 Å². The molecule has 0 aliphatic rings. The van der Waals surface area contributed by atoms with Crippen molar-refractivity contribution in [2.45, 2.75) is 33.4 Å². The van der Waals surface area contributed by atoms with E-state index in [2.05, 4.69) is 50.4 Å². The first-order valence-corrected chi connectivity index (χ1v) is 7.67. The van der Waals surface area contributed by atoms with Crippen LogP contribution in [0.5, 0.6) is 0 Å². The number of para-hydroxylation sites is 1. The number of hydrogen-bond acceptors (Lipinski definition) is 3. The highest BCUT2D eigenvalue weighted by Crippen LogP contribution is 2.23. The Kier molecular flexibility index (Phi) is 5.58. The van der Waals surface area contributed by atoms with Gasteiger partial charge in [-0.3, -0.25) is 0 Å². The molecule has 118 valence electrons. The molecule has 3 N–H and O–H groups in total. The summed E-state index contributed by atoms with van der Waals surface area (Å²) in [6.07, 6.45) is 0. The van der Waals surface area contributed by atoms with E-state index in [1.807, 2.05) is 12.1 Å². The molecule has 0 saturated carbocycles. The Balaban J connectivity index is 2.12. The van der Waals surface area contributed by atoms with Gasteiger partial charge in [0.15, 0.2) is 0 Å². The number of anilines is 1. The Morgan fingerprint density at radius 3 is 2.36 bits per heavy atom. The first-order chi connectivity index (χ1) is 10.5. The summed E-state index contributed by atoms with van der Waals surface area (Å²) in [4.78, 5) is 0. The highest BCUT2D eigenvalue weighted by atomic mass is 16.5. The lowest BCUT2D eigenvalue weighted by molar-refractivity contribution is 0.185. The van der Waals surface area contributed by atoms with Gasteiger partial charge >= 0.3 is 0 Å². The Labute approximate surface area is 133 Å². The van der Waals surface area contributed by atoms with E-state index >= 15 is 0 Å². The molecular formula is C19H26N2O. The van der Waals surface area contributed by atoms with Gasteiger partial charge in [-0.1, -0.05) is 35.9 Å². The zero-order valence-corrected chi connectivity index (χ0v) is 13.9. The molecule has 22 heavy (non-hydrogen) atoms. The lowest BCUT2D eigenvalue weighted by Gasteiger charge is -2.20. The monoisotopic (exact) mass is 298 g/mol. The van der Waals surface area contributed by atoms with E-state index in [0.29, 0.717) is 13.2 Å². The molecule has 0 aliphatic heterocycles. The normalized spacial score (nSPS) is 12.2. The Morgan fingerprint density at radius 1 is 1.09 bits per heavy atom. The minimum atomic E-state index is -0.0313. The van der Waals surface area contributed by atoms with Crippen LogP contribution >= 0.6 is 0 Å². The molecular weight excluding hydrogens is 272 g/mol. The van der Waals surface area contributed by atoms with Gasteiger partial charge in [0, 0.05) is 30.9 Å². The summed E-state index contributed by atoms with van der Waals surface area (Å²) < 4.78 is 5.24. The van der Waals surface area contributed by atoms with Crippen LogP contribution in [0.2, 0.25) is 0 Å². The Morgan fingerprint density at radius 2 is 1.73 bits per heavy atom. The fourth-order valence-electron chi connectivity index (χ4n) is 3.07. The molecule has 0 heterocycles. The minimum absolute atomic E-state index is 0.0313. The molecule has 3 nitrogen and oxygen atoms in total. The summed E-state index contributed by atoms with van der Waals surface area (Å²) in [7, 11) is 1.71. The molecule has 0 fully saturated rings. The molecule has 1 atom stereocenters. The van der Waals surface area contributed by atoms with Crippen molar-refractivity contribution in [3.8, 4) is 0 Å². The molecule has 3 heteroatoms. The van der Waals surface area contributed by atoms with Crippen molar-refractivity contribution < 1.29 is 4.74 Å². The second kappa shape index (κ2) is 7.43. The first kappa shape index (κ1) is 16.5. The maximum absolute atomic E-state index is 6.42. The third kappa shape index (κ3) is 3.87. The lowest BCUT2D eigenvalue weighted by atomic mass is 9.94. The van der Waals surface area contributed by atoms with E-state index in [1.165, 1.54) is 22.3 Å². The fraction of sp³-hybridized carbons (Fsp3) is 0.368. The molecule has 0 aromatic heterocycles. The Bertz CT molecular complexity index is 614. The summed E-state index contributed by atoms with van der Waals surface area (Å²) in [6.45, 7) is 7.68. The highest BCUT2D eigenvalue weighted by molar-refractivity contribution is 5.51. The van der Waals surface area contributed by atoms with Crippen LogP contribution in [0.15, 0.2) is 36.4 Å². The van der Waals surface area contributed by atoms with Crippen LogP contribution in [0.3, 0.4) is 0 Å². The zero-order chi connectivity index (χ0) is 16.1. The summed E-state index contributed by atoms with van der Waals surface area (Å²) in [5.74, 6) is 0. The zero-order valence-electron chi connectivity index (χ0n) is 13.9. The average molecular weight is 298 g/mol. The molecule has 0 radical (unpaired) electrons. The average Bonchev–Trinajstić information content (AvgIpc) is 2.45. The van der Waals surface area contributed by atoms with Gasteiger partial charge in [0.25, 0.3) is 0 Å². The van der Waals surface area contributed by atoms with Gasteiger partial charge in [0.2, 0.25) is 0 Å². The van der Waals surface area contributed by atoms with Crippen LogP contribution in [0, 0.1) is 20.8 Å². The van der Waals surface area contributed by atoms with Crippen LogP contribution in [-0.4, -0.2) is 13.7 Å². The van der Waals surface area contributed by atoms with Gasteiger partial charge in [-0.15, -0.1) is 0 Å². The van der Waals surface area contributed by atoms with Crippen molar-refractivity contribution in [3.05, 3.63) is 64.2 Å². The van der Waals surface area contributed by atoms with E-state index < -0.39 is 0 Å². The SMILES string of the molecule is COCc1ccccc1NCC(N)c1c(C)cc(C)cc1C. The number of rotatable bonds is 6. The van der Waals surface area contributed by atoms with Crippen molar-refractivity contribution in [2.75, 3.05) is 19.0 Å². The molecule has 2 aromatic rings. The highest BCUT2D eigenvalue weighted by Gasteiger charge is 2.13. The number of aryl methyl sites for hydroxylation is 3. The van der Waals surface area contributed by atoms with Gasteiger partial charge in [-0.2, -0.15) is 0 Å². The number of hydrogen-bond donors (Lipinski definition) is 2. The van der Waals surface area contributed by atoms with Crippen LogP contribution < -0.4 is 11.1 Å². The smallest absolute Gasteiger partial charge is 0.0733 e. The molecule has 2 aromatic carbocycles. The molecule has 0 spiro atoms. The number of nitrogens with two attached hydrogens (primary N) is 1. The summed E-state index contributed by atoms with van der Waals surface area (Å²) in [5, 5.41) is 3.46. The van der Waals surface area contributed by atoms with Crippen molar-refractivity contribution >= 4 is 5.69 Å². The standard InChI is InChI=1S/C19H26N2O/c1-13-9-14(2)19(15(3)10-13)17(20)11-21-18-8-6-5-7-16(18)12-22-4/h5-10,17,21H,11-12,20H2,1-4H3. The summed E-state index contributed by atoms with van der Waals surface area (Å²) >= 11 is 0. The first-order valence-electron chi connectivity index (χ1n) is 7.67. The van der Waals surface area contributed by atoms with Crippen molar-refractivity contribution in [1.82, 2.24) is 0 Å². The van der Waals surface area contributed by atoms with E-state index in [-0.39, 0.29) is 6.04 Å². The number of ether oxygens (including phenoxy) is 1. The number of benzene rings is 2. The number of nitrogens with one attached hydrogen (secondary N) is 1. The van der Waals surface area contributed by atoms with Crippen LogP contribution in [0.1, 0.15) is 33.9 Å². The largest absolute Gasteiger partial charge is 0.383 e. The van der Waals surface area contributed by atoms with E-state index in [1.54, 1.807) is 7.11 Å². The topological polar surface area (TPSA) is 47.3 Å². The quantitative estimate of drug-likeness (QED) is 0.851. The maximum Gasteiger partial charge on any atom is 0.0733 e. The van der Waals surface area contributed by atoms with Crippen LogP contribution in [0.4, 0.5) is 5.69 Å². The lowest BCUT2D eigenvalue weighted by Crippen LogP contribution is -2.23. The van der Waals surface area contributed by atoms with Crippen molar-refractivity contribution in [3.63, 3.8) is 0 Å². The van der Waals surface area contributed by atoms with Gasteiger partial charge < -0.3 is 15.8 Å². The second-order valence-corrected chi connectivity index (χ2v) is 5.89. The van der Waals surface area contributed by atoms with Gasteiger partial charge in [-0.05, 0) is 43.5 Å². The number of methoxy groups -OCH3 is 1. The molecule has 0 amide bonds. The van der Waals surface area contributed by atoms with Gasteiger partial charge in [-0.25, -0.2) is 0 Å². The summed E-state index contributed by atoms with van der Waals surface area (Å²) in [5.41, 5.74) is 13.7. The van der Waals surface area contributed by atoms with Gasteiger partial charge in [0.1, 0.15) is 0 Å². The predicted molar refractivity (Wildman–Crippen MR) is 93.2 cm³/mol. The predicted octanol–water partition coefficient (Wildman–Crippen LogP) is 3.87. The van der Waals surface area contributed by atoms with Crippen LogP contribution in [-0.2, 0) is 11.3 Å². The van der Waals surface area contributed by atoms with E-state index in [4.69, 9.17) is 10.5 Å². The molecule has 0 bridgehead atoms. The molecule has 2 rings (SSSR count). The van der Waals surface area contributed by atoms with Gasteiger partial charge in [0.05, 0.1) is 6.61 Å². The third-order valence-electron chi connectivity index (χ3n) is 3.94. The molecule has 0 aliphatic carbocycles. The molecule has 0 saturated heterocycles. The van der Waals surface area contributed by atoms with E-state index in [0.717, 1.165) is 11.3 Å². The van der Waals surface area contributed by atoms with Crippen LogP contribution in [0.25, 0.3) is 0 Å². The Hall–Kier alpha value is -1.84. The maximum atomic E-state index is 6.42. The molecule has 1 unspecified atom stereocenters. The van der Waals surface area contributed by atoms with Crippen molar-refractivity contribution in [1.29, 1.82) is 0 Å². The van der Waals surface area contributed by atoms with Crippen molar-refractivity contribution in [2.24, 2.45) is 5.73 Å².